The fourth-order valence-corrected chi connectivity index (χ4v) is 3.23. The summed E-state index contributed by atoms with van der Waals surface area (Å²) in [6, 6.07) is 28.6. The van der Waals surface area contributed by atoms with Crippen LogP contribution in [0.1, 0.15) is 33.3 Å². The molecule has 0 aliphatic heterocycles. The average Bonchev–Trinajstić information content (AvgIpc) is 3.37. The van der Waals surface area contributed by atoms with Crippen LogP contribution in [-0.4, -0.2) is 18.3 Å². The molecule has 5 nitrogen and oxygen atoms in total. The van der Waals surface area contributed by atoms with Crippen molar-refractivity contribution in [3.8, 4) is 5.75 Å². The molecule has 0 radical (unpaired) electrons. The minimum atomic E-state index is -0.404. The maximum atomic E-state index is 12.5. The van der Waals surface area contributed by atoms with Crippen LogP contribution in [0.3, 0.4) is 0 Å². The van der Waals surface area contributed by atoms with E-state index in [1.54, 1.807) is 48.7 Å². The number of hydrogen-bond acceptors (Lipinski definition) is 4. The summed E-state index contributed by atoms with van der Waals surface area (Å²) in [5.41, 5.74) is 2.10. The van der Waals surface area contributed by atoms with Gasteiger partial charge in [0, 0.05) is 11.1 Å². The van der Waals surface area contributed by atoms with Crippen molar-refractivity contribution in [3.05, 3.63) is 126 Å². The van der Waals surface area contributed by atoms with Gasteiger partial charge in [-0.25, -0.2) is 0 Å². The topological polar surface area (TPSA) is 68.5 Å². The van der Waals surface area contributed by atoms with Gasteiger partial charge < -0.3 is 14.5 Å². The molecule has 0 unspecified atom stereocenters. The summed E-state index contributed by atoms with van der Waals surface area (Å²) < 4.78 is 11.1. The highest BCUT2D eigenvalue weighted by molar-refractivity contribution is 6.08. The van der Waals surface area contributed by atoms with Crippen molar-refractivity contribution in [3.63, 3.8) is 0 Å². The van der Waals surface area contributed by atoms with E-state index in [4.69, 9.17) is 9.15 Å². The molecule has 4 aromatic rings. The van der Waals surface area contributed by atoms with Gasteiger partial charge in [-0.1, -0.05) is 60.7 Å². The van der Waals surface area contributed by atoms with Gasteiger partial charge in [0.25, 0.3) is 5.91 Å². The Bertz CT molecular complexity index is 1120. The zero-order chi connectivity index (χ0) is 21.5. The van der Waals surface area contributed by atoms with Gasteiger partial charge in [-0.3, -0.25) is 9.59 Å². The quantitative estimate of drug-likeness (QED) is 0.423. The van der Waals surface area contributed by atoms with Crippen LogP contribution in [0.15, 0.2) is 108 Å². The van der Waals surface area contributed by atoms with Gasteiger partial charge in [-0.05, 0) is 42.0 Å². The number of ether oxygens (including phenoxy) is 1. The van der Waals surface area contributed by atoms with Gasteiger partial charge in [-0.15, -0.1) is 0 Å². The Kier molecular flexibility index (Phi) is 6.24. The number of furan rings is 1. The first-order valence-electron chi connectivity index (χ1n) is 9.91. The smallest absolute Gasteiger partial charge is 0.258 e. The van der Waals surface area contributed by atoms with Crippen molar-refractivity contribution in [2.45, 2.75) is 6.04 Å². The second kappa shape index (κ2) is 9.59. The van der Waals surface area contributed by atoms with Crippen LogP contribution < -0.4 is 10.1 Å². The van der Waals surface area contributed by atoms with E-state index in [2.05, 4.69) is 5.32 Å². The first kappa shape index (κ1) is 20.2. The fraction of sp³-hybridized carbons (Fsp3) is 0.0769. The number of ketones is 1. The van der Waals surface area contributed by atoms with Crippen molar-refractivity contribution in [2.24, 2.45) is 0 Å². The monoisotopic (exact) mass is 411 g/mol. The molecule has 0 fully saturated rings. The van der Waals surface area contributed by atoms with E-state index in [0.29, 0.717) is 22.6 Å². The second-order valence-electron chi connectivity index (χ2n) is 6.93. The Balaban J connectivity index is 1.37. The predicted molar refractivity (Wildman–Crippen MR) is 117 cm³/mol. The maximum Gasteiger partial charge on any atom is 0.258 e. The lowest BCUT2D eigenvalue weighted by Crippen LogP contribution is -2.33. The normalized spacial score (nSPS) is 11.5. The van der Waals surface area contributed by atoms with E-state index in [0.717, 1.165) is 5.56 Å². The number of carbonyl (C=O) groups is 2. The van der Waals surface area contributed by atoms with Crippen molar-refractivity contribution in [1.29, 1.82) is 0 Å². The molecule has 0 saturated carbocycles. The highest BCUT2D eigenvalue weighted by Crippen LogP contribution is 2.22. The third-order valence-corrected chi connectivity index (χ3v) is 4.79. The molecule has 1 heterocycles. The molecule has 0 aliphatic rings. The summed E-state index contributed by atoms with van der Waals surface area (Å²) in [5, 5.41) is 2.95. The first-order chi connectivity index (χ1) is 15.2. The van der Waals surface area contributed by atoms with Gasteiger partial charge in [0.2, 0.25) is 0 Å². The Labute approximate surface area is 180 Å². The summed E-state index contributed by atoms with van der Waals surface area (Å²) in [6.07, 6.45) is 1.58. The molecule has 0 bridgehead atoms. The Morgan fingerprint density at radius 1 is 0.774 bits per heavy atom. The molecule has 0 aliphatic carbocycles. The average molecular weight is 411 g/mol. The minimum absolute atomic E-state index is 0.0611. The molecule has 1 N–H and O–H groups in total. The molecule has 154 valence electrons. The van der Waals surface area contributed by atoms with Crippen LogP contribution in [0, 0.1) is 0 Å². The van der Waals surface area contributed by atoms with E-state index in [9.17, 15) is 9.59 Å². The van der Waals surface area contributed by atoms with E-state index in [1.807, 2.05) is 54.6 Å². The van der Waals surface area contributed by atoms with Gasteiger partial charge in [0.05, 0.1) is 6.26 Å². The molecule has 31 heavy (non-hydrogen) atoms. The van der Waals surface area contributed by atoms with Crippen LogP contribution in [0.25, 0.3) is 0 Å². The Hall–Kier alpha value is -4.12. The predicted octanol–water partition coefficient (Wildman–Crippen LogP) is 4.80. The number of hydrogen-bond donors (Lipinski definition) is 1. The van der Waals surface area contributed by atoms with E-state index in [-0.39, 0.29) is 18.3 Å². The van der Waals surface area contributed by atoms with Crippen LogP contribution in [0.5, 0.6) is 5.75 Å². The molecule has 4 rings (SSSR count). The van der Waals surface area contributed by atoms with Crippen molar-refractivity contribution in [1.82, 2.24) is 5.32 Å². The molecule has 0 saturated heterocycles. The van der Waals surface area contributed by atoms with Gasteiger partial charge in [0.1, 0.15) is 17.6 Å². The highest BCUT2D eigenvalue weighted by atomic mass is 16.5. The third-order valence-electron chi connectivity index (χ3n) is 4.79. The lowest BCUT2D eigenvalue weighted by Gasteiger charge is -2.17. The molecule has 5 heteroatoms. The number of nitrogens with one attached hydrogen (secondary N) is 1. The molecular formula is C26H21NO4. The zero-order valence-corrected chi connectivity index (χ0v) is 16.7. The molecule has 1 atom stereocenters. The molecule has 3 aromatic carbocycles. The first-order valence-corrected chi connectivity index (χ1v) is 9.91. The Morgan fingerprint density at radius 2 is 1.42 bits per heavy atom. The third kappa shape index (κ3) is 5.08. The lowest BCUT2D eigenvalue weighted by atomic mass is 10.0. The summed E-state index contributed by atoms with van der Waals surface area (Å²) in [4.78, 5) is 25.0. The largest absolute Gasteiger partial charge is 0.484 e. The van der Waals surface area contributed by atoms with E-state index < -0.39 is 6.04 Å². The molecular weight excluding hydrogens is 390 g/mol. The summed E-state index contributed by atoms with van der Waals surface area (Å²) in [6.45, 7) is -0.157. The minimum Gasteiger partial charge on any atom is -0.484 e. The van der Waals surface area contributed by atoms with E-state index >= 15 is 0 Å². The van der Waals surface area contributed by atoms with Crippen molar-refractivity contribution in [2.75, 3.05) is 6.61 Å². The molecule has 1 aromatic heterocycles. The highest BCUT2D eigenvalue weighted by Gasteiger charge is 2.19. The second-order valence-corrected chi connectivity index (χ2v) is 6.93. The SMILES string of the molecule is O=C(COc1ccc(C(=O)c2ccccc2)cc1)N[C@H](c1ccccc1)c1ccco1. The van der Waals surface area contributed by atoms with Crippen molar-refractivity contribution < 1.29 is 18.7 Å². The zero-order valence-electron chi connectivity index (χ0n) is 16.7. The van der Waals surface area contributed by atoms with Crippen molar-refractivity contribution >= 4 is 11.7 Å². The van der Waals surface area contributed by atoms with Crippen LogP contribution in [-0.2, 0) is 4.79 Å². The number of benzene rings is 3. The van der Waals surface area contributed by atoms with Gasteiger partial charge >= 0.3 is 0 Å². The number of rotatable bonds is 8. The summed E-state index contributed by atoms with van der Waals surface area (Å²) in [7, 11) is 0. The fourth-order valence-electron chi connectivity index (χ4n) is 3.23. The standard InChI is InChI=1S/C26H21NO4/c28-24(27-25(23-12-7-17-30-23)19-8-3-1-4-9-19)18-31-22-15-13-21(14-16-22)26(29)20-10-5-2-6-11-20/h1-17,25H,18H2,(H,27,28)/t25-/m1/s1. The van der Waals surface area contributed by atoms with Crippen LogP contribution in [0.2, 0.25) is 0 Å². The summed E-state index contributed by atoms with van der Waals surface area (Å²) in [5.74, 6) is 0.807. The van der Waals surface area contributed by atoms with Gasteiger partial charge in [0.15, 0.2) is 12.4 Å². The summed E-state index contributed by atoms with van der Waals surface area (Å²) >= 11 is 0. The van der Waals surface area contributed by atoms with Gasteiger partial charge in [-0.2, -0.15) is 0 Å². The maximum absolute atomic E-state index is 12.5. The number of amides is 1. The lowest BCUT2D eigenvalue weighted by molar-refractivity contribution is -0.123. The van der Waals surface area contributed by atoms with E-state index in [1.165, 1.54) is 0 Å². The van der Waals surface area contributed by atoms with Crippen LogP contribution >= 0.6 is 0 Å². The number of carbonyl (C=O) groups excluding carboxylic acids is 2. The molecule has 1 amide bonds. The van der Waals surface area contributed by atoms with Crippen LogP contribution in [0.4, 0.5) is 0 Å². The Morgan fingerprint density at radius 3 is 2.06 bits per heavy atom. The molecule has 0 spiro atoms.